The van der Waals surface area contributed by atoms with Gasteiger partial charge in [-0.2, -0.15) is 0 Å². The second-order valence-electron chi connectivity index (χ2n) is 4.19. The maximum Gasteiger partial charge on any atom is 0.348 e. The number of hydrogen-bond acceptors (Lipinski definition) is 3. The molecule has 0 aromatic heterocycles. The molecule has 0 spiro atoms. The van der Waals surface area contributed by atoms with Crippen molar-refractivity contribution in [2.45, 2.75) is 32.5 Å². The first-order valence-corrected chi connectivity index (χ1v) is 5.42. The van der Waals surface area contributed by atoms with E-state index in [-0.39, 0.29) is 11.7 Å². The van der Waals surface area contributed by atoms with E-state index in [0.717, 1.165) is 7.11 Å². The number of halogens is 1. The monoisotopic (exact) mass is 240 g/mol. The van der Waals surface area contributed by atoms with Gasteiger partial charge in [-0.3, -0.25) is 0 Å². The zero-order valence-electron chi connectivity index (χ0n) is 10.5. The zero-order valence-corrected chi connectivity index (χ0v) is 10.5. The summed E-state index contributed by atoms with van der Waals surface area (Å²) < 4.78 is 23.9. The van der Waals surface area contributed by atoms with Gasteiger partial charge in [0.1, 0.15) is 5.75 Å². The molecule has 0 radical (unpaired) electrons. The van der Waals surface area contributed by atoms with Crippen LogP contribution in [0, 0.1) is 0 Å². The number of benzene rings is 1. The van der Waals surface area contributed by atoms with E-state index in [0.29, 0.717) is 5.75 Å². The molecule has 1 aromatic carbocycles. The predicted octanol–water partition coefficient (Wildman–Crippen LogP) is 2.83. The molecule has 4 heteroatoms. The van der Waals surface area contributed by atoms with E-state index in [1.54, 1.807) is 12.1 Å². The summed E-state index contributed by atoms with van der Waals surface area (Å²) in [7, 11) is 1.16. The van der Waals surface area contributed by atoms with E-state index in [2.05, 4.69) is 4.74 Å². The molecular weight excluding hydrogens is 223 g/mol. The molecule has 3 nitrogen and oxygen atoms in total. The smallest absolute Gasteiger partial charge is 0.348 e. The number of methoxy groups -OCH3 is 1. The minimum absolute atomic E-state index is 0.0539. The Morgan fingerprint density at radius 2 is 1.82 bits per heavy atom. The number of ether oxygens (including phenoxy) is 2. The molecule has 0 N–H and O–H groups in total. The van der Waals surface area contributed by atoms with Gasteiger partial charge in [0.15, 0.2) is 0 Å². The Morgan fingerprint density at radius 1 is 1.29 bits per heavy atom. The van der Waals surface area contributed by atoms with Gasteiger partial charge in [-0.05, 0) is 32.9 Å². The first-order chi connectivity index (χ1) is 7.87. The van der Waals surface area contributed by atoms with Crippen LogP contribution in [0.25, 0.3) is 0 Å². The molecule has 0 aliphatic heterocycles. The van der Waals surface area contributed by atoms with Crippen molar-refractivity contribution in [3.8, 4) is 5.75 Å². The number of esters is 1. The second-order valence-corrected chi connectivity index (χ2v) is 4.19. The molecule has 0 fully saturated rings. The summed E-state index contributed by atoms with van der Waals surface area (Å²) in [5.74, 6) is -0.264. The summed E-state index contributed by atoms with van der Waals surface area (Å²) in [5.41, 5.74) is -1.88. The van der Waals surface area contributed by atoms with Gasteiger partial charge in [0.25, 0.3) is 0 Å². The molecule has 1 unspecified atom stereocenters. The van der Waals surface area contributed by atoms with Crippen LogP contribution < -0.4 is 4.74 Å². The summed E-state index contributed by atoms with van der Waals surface area (Å²) in [6.45, 7) is 4.99. The van der Waals surface area contributed by atoms with E-state index in [4.69, 9.17) is 4.74 Å². The Morgan fingerprint density at radius 3 is 2.24 bits per heavy atom. The van der Waals surface area contributed by atoms with Gasteiger partial charge in [-0.15, -0.1) is 0 Å². The lowest BCUT2D eigenvalue weighted by Gasteiger charge is -2.18. The van der Waals surface area contributed by atoms with Gasteiger partial charge < -0.3 is 9.47 Å². The predicted molar refractivity (Wildman–Crippen MR) is 62.7 cm³/mol. The molecule has 0 amide bonds. The summed E-state index contributed by atoms with van der Waals surface area (Å²) >= 11 is 0. The third-order valence-corrected chi connectivity index (χ3v) is 2.34. The third-order valence-electron chi connectivity index (χ3n) is 2.34. The highest BCUT2D eigenvalue weighted by Gasteiger charge is 2.36. The van der Waals surface area contributed by atoms with Crippen molar-refractivity contribution in [2.24, 2.45) is 0 Å². The number of carbonyl (C=O) groups is 1. The SMILES string of the molecule is COC(=O)C(C)(F)c1ccc(OC(C)C)cc1. The molecule has 0 aliphatic carbocycles. The van der Waals surface area contributed by atoms with Crippen LogP contribution in [0.5, 0.6) is 5.75 Å². The molecule has 0 aliphatic rings. The van der Waals surface area contributed by atoms with Crippen LogP contribution in [0.3, 0.4) is 0 Å². The number of rotatable bonds is 4. The van der Waals surface area contributed by atoms with E-state index in [9.17, 15) is 9.18 Å². The highest BCUT2D eigenvalue weighted by molar-refractivity contribution is 5.80. The minimum atomic E-state index is -2.13. The molecule has 0 saturated heterocycles. The lowest BCUT2D eigenvalue weighted by Crippen LogP contribution is -2.28. The Balaban J connectivity index is 2.90. The van der Waals surface area contributed by atoms with Crippen LogP contribution in [0.2, 0.25) is 0 Å². The molecule has 0 saturated carbocycles. The van der Waals surface area contributed by atoms with Crippen LogP contribution in [0.15, 0.2) is 24.3 Å². The maximum absolute atomic E-state index is 14.1. The average molecular weight is 240 g/mol. The first-order valence-electron chi connectivity index (χ1n) is 5.42. The Hall–Kier alpha value is -1.58. The van der Waals surface area contributed by atoms with Gasteiger partial charge in [-0.25, -0.2) is 9.18 Å². The third kappa shape index (κ3) is 3.19. The van der Waals surface area contributed by atoms with Crippen LogP contribution in [-0.2, 0) is 15.2 Å². The number of carbonyl (C=O) groups excluding carboxylic acids is 1. The zero-order chi connectivity index (χ0) is 13.1. The Kier molecular flexibility index (Phi) is 4.10. The first kappa shape index (κ1) is 13.5. The number of alkyl halides is 1. The normalized spacial score (nSPS) is 14.2. The van der Waals surface area contributed by atoms with Gasteiger partial charge in [0.05, 0.1) is 13.2 Å². The molecule has 1 aromatic rings. The molecule has 94 valence electrons. The minimum Gasteiger partial charge on any atom is -0.491 e. The van der Waals surface area contributed by atoms with Crippen LogP contribution in [0.4, 0.5) is 4.39 Å². The molecule has 1 atom stereocenters. The maximum atomic E-state index is 14.1. The molecule has 1 rings (SSSR count). The number of hydrogen-bond donors (Lipinski definition) is 0. The lowest BCUT2D eigenvalue weighted by molar-refractivity contribution is -0.154. The lowest BCUT2D eigenvalue weighted by atomic mass is 9.98. The fourth-order valence-corrected chi connectivity index (χ4v) is 1.43. The Bertz CT molecular complexity index is 382. The molecule has 0 heterocycles. The van der Waals surface area contributed by atoms with Crippen molar-refractivity contribution in [3.63, 3.8) is 0 Å². The van der Waals surface area contributed by atoms with Crippen LogP contribution >= 0.6 is 0 Å². The summed E-state index contributed by atoms with van der Waals surface area (Å²) in [5, 5.41) is 0. The summed E-state index contributed by atoms with van der Waals surface area (Å²) in [6, 6.07) is 6.31. The van der Waals surface area contributed by atoms with Gasteiger partial charge in [-0.1, -0.05) is 12.1 Å². The molecule has 17 heavy (non-hydrogen) atoms. The van der Waals surface area contributed by atoms with Gasteiger partial charge in [0, 0.05) is 5.56 Å². The van der Waals surface area contributed by atoms with Crippen molar-refractivity contribution >= 4 is 5.97 Å². The highest BCUT2D eigenvalue weighted by Crippen LogP contribution is 2.28. The van der Waals surface area contributed by atoms with Crippen molar-refractivity contribution in [2.75, 3.05) is 7.11 Å². The highest BCUT2D eigenvalue weighted by atomic mass is 19.1. The summed E-state index contributed by atoms with van der Waals surface area (Å²) in [6.07, 6.45) is 0.0539. The molecular formula is C13H17FO3. The van der Waals surface area contributed by atoms with E-state index in [1.165, 1.54) is 19.1 Å². The van der Waals surface area contributed by atoms with Gasteiger partial charge in [0.2, 0.25) is 5.67 Å². The standard InChI is InChI=1S/C13H17FO3/c1-9(2)17-11-7-5-10(6-8-11)13(3,14)12(15)16-4/h5-9H,1-4H3. The van der Waals surface area contributed by atoms with Crippen LogP contribution in [-0.4, -0.2) is 19.2 Å². The fraction of sp³-hybridized carbons (Fsp3) is 0.462. The van der Waals surface area contributed by atoms with Crippen molar-refractivity contribution in [1.82, 2.24) is 0 Å². The fourth-order valence-electron chi connectivity index (χ4n) is 1.43. The quantitative estimate of drug-likeness (QED) is 0.759. The molecule has 0 bridgehead atoms. The summed E-state index contributed by atoms with van der Waals surface area (Å²) in [4.78, 5) is 11.3. The van der Waals surface area contributed by atoms with Crippen molar-refractivity contribution in [3.05, 3.63) is 29.8 Å². The van der Waals surface area contributed by atoms with Crippen molar-refractivity contribution in [1.29, 1.82) is 0 Å². The van der Waals surface area contributed by atoms with E-state index < -0.39 is 11.6 Å². The largest absolute Gasteiger partial charge is 0.491 e. The van der Waals surface area contributed by atoms with Crippen molar-refractivity contribution < 1.29 is 18.7 Å². The second kappa shape index (κ2) is 5.17. The van der Waals surface area contributed by atoms with E-state index >= 15 is 0 Å². The Labute approximate surface area is 101 Å². The van der Waals surface area contributed by atoms with Gasteiger partial charge >= 0.3 is 5.97 Å². The van der Waals surface area contributed by atoms with E-state index in [1.807, 2.05) is 13.8 Å². The average Bonchev–Trinajstić information content (AvgIpc) is 2.27. The topological polar surface area (TPSA) is 35.5 Å². The van der Waals surface area contributed by atoms with Crippen LogP contribution in [0.1, 0.15) is 26.3 Å².